The summed E-state index contributed by atoms with van der Waals surface area (Å²) in [6.07, 6.45) is 2.21. The molecular formula is C19H27N3O3. The number of nitrogens with zero attached hydrogens (tertiary/aromatic N) is 1. The van der Waals surface area contributed by atoms with Crippen LogP contribution in [0, 0.1) is 0 Å². The maximum absolute atomic E-state index is 13.1. The smallest absolute Gasteiger partial charge is 0.325 e. The van der Waals surface area contributed by atoms with Crippen molar-refractivity contribution in [2.75, 3.05) is 6.54 Å². The lowest BCUT2D eigenvalue weighted by molar-refractivity contribution is -0.136. The van der Waals surface area contributed by atoms with E-state index in [0.717, 1.165) is 23.3 Å². The Kier molecular flexibility index (Phi) is 5.50. The quantitative estimate of drug-likeness (QED) is 0.778. The molecule has 1 saturated heterocycles. The molecule has 0 bridgehead atoms. The van der Waals surface area contributed by atoms with Gasteiger partial charge < -0.3 is 10.6 Å². The average molecular weight is 345 g/mol. The summed E-state index contributed by atoms with van der Waals surface area (Å²) in [7, 11) is 0. The van der Waals surface area contributed by atoms with E-state index in [0.29, 0.717) is 6.42 Å². The highest BCUT2D eigenvalue weighted by Crippen LogP contribution is 2.34. The van der Waals surface area contributed by atoms with Crippen LogP contribution in [-0.4, -0.2) is 34.8 Å². The Bertz CT molecular complexity index is 652. The van der Waals surface area contributed by atoms with Crippen molar-refractivity contribution >= 4 is 17.8 Å². The van der Waals surface area contributed by atoms with Gasteiger partial charge in [-0.1, -0.05) is 50.1 Å². The number of unbranched alkanes of at least 4 members (excludes halogenated alkanes) is 1. The summed E-state index contributed by atoms with van der Waals surface area (Å²) < 4.78 is 0. The molecule has 1 aromatic rings. The van der Waals surface area contributed by atoms with Crippen molar-refractivity contribution in [2.24, 2.45) is 0 Å². The van der Waals surface area contributed by atoms with Crippen LogP contribution in [0.4, 0.5) is 4.79 Å². The monoisotopic (exact) mass is 345 g/mol. The van der Waals surface area contributed by atoms with Gasteiger partial charge in [-0.05, 0) is 32.8 Å². The molecule has 0 radical (unpaired) electrons. The van der Waals surface area contributed by atoms with Gasteiger partial charge in [-0.15, -0.1) is 0 Å². The Labute approximate surface area is 149 Å². The van der Waals surface area contributed by atoms with E-state index in [-0.39, 0.29) is 18.4 Å². The molecule has 2 rings (SSSR count). The predicted molar refractivity (Wildman–Crippen MR) is 95.8 cm³/mol. The van der Waals surface area contributed by atoms with Crippen molar-refractivity contribution in [1.82, 2.24) is 15.5 Å². The Hall–Kier alpha value is -2.37. The van der Waals surface area contributed by atoms with E-state index in [1.807, 2.05) is 58.0 Å². The summed E-state index contributed by atoms with van der Waals surface area (Å²) in [6.45, 7) is 7.32. The third-order valence-electron chi connectivity index (χ3n) is 4.16. The predicted octanol–water partition coefficient (Wildman–Crippen LogP) is 2.54. The molecule has 1 atom stereocenters. The maximum Gasteiger partial charge on any atom is 0.325 e. The molecule has 0 aliphatic carbocycles. The zero-order valence-corrected chi connectivity index (χ0v) is 15.4. The lowest BCUT2D eigenvalue weighted by Crippen LogP contribution is -2.48. The summed E-state index contributed by atoms with van der Waals surface area (Å²) in [5.74, 6) is -0.712. The largest absolute Gasteiger partial charge is 0.350 e. The molecule has 25 heavy (non-hydrogen) atoms. The van der Waals surface area contributed by atoms with Crippen molar-refractivity contribution in [3.05, 3.63) is 35.9 Å². The van der Waals surface area contributed by atoms with Gasteiger partial charge in [0.2, 0.25) is 5.91 Å². The number of imide groups is 1. The Balaban J connectivity index is 2.27. The molecule has 0 saturated carbocycles. The first-order valence-electron chi connectivity index (χ1n) is 8.70. The van der Waals surface area contributed by atoms with Gasteiger partial charge in [0, 0.05) is 5.54 Å². The molecule has 2 N–H and O–H groups in total. The molecule has 136 valence electrons. The minimum Gasteiger partial charge on any atom is -0.350 e. The number of amides is 4. The third kappa shape index (κ3) is 4.18. The van der Waals surface area contributed by atoms with E-state index < -0.39 is 17.1 Å². The number of carbonyl (C=O) groups is 3. The Morgan fingerprint density at radius 3 is 2.40 bits per heavy atom. The summed E-state index contributed by atoms with van der Waals surface area (Å²) in [5, 5.41) is 5.63. The van der Waals surface area contributed by atoms with Gasteiger partial charge in [0.15, 0.2) is 0 Å². The zero-order chi connectivity index (χ0) is 18.7. The second kappa shape index (κ2) is 7.25. The minimum absolute atomic E-state index is 0.275. The lowest BCUT2D eigenvalue weighted by Gasteiger charge is -2.27. The highest BCUT2D eigenvalue weighted by atomic mass is 16.2. The van der Waals surface area contributed by atoms with Crippen LogP contribution in [0.5, 0.6) is 0 Å². The van der Waals surface area contributed by atoms with Crippen LogP contribution in [0.1, 0.15) is 52.5 Å². The molecule has 1 heterocycles. The molecule has 0 aromatic heterocycles. The average Bonchev–Trinajstić information content (AvgIpc) is 2.77. The molecule has 6 nitrogen and oxygen atoms in total. The fraction of sp³-hybridized carbons (Fsp3) is 0.526. The SMILES string of the molecule is CCCCC1(c2ccccc2)NC(=O)N(CC(=O)NC(C)(C)C)C1=O. The molecule has 1 aromatic carbocycles. The first-order chi connectivity index (χ1) is 11.7. The van der Waals surface area contributed by atoms with Gasteiger partial charge in [0.25, 0.3) is 5.91 Å². The Morgan fingerprint density at radius 2 is 1.84 bits per heavy atom. The van der Waals surface area contributed by atoms with E-state index in [9.17, 15) is 14.4 Å². The molecule has 1 unspecified atom stereocenters. The number of urea groups is 1. The van der Waals surface area contributed by atoms with E-state index in [4.69, 9.17) is 0 Å². The number of rotatable bonds is 6. The standard InChI is InChI=1S/C19H27N3O3/c1-5-6-12-19(14-10-8-7-9-11-14)16(24)22(17(25)21-19)13-15(23)20-18(2,3)4/h7-11H,5-6,12-13H2,1-4H3,(H,20,23)(H,21,25). The molecule has 1 fully saturated rings. The van der Waals surface area contributed by atoms with E-state index in [1.165, 1.54) is 0 Å². The molecule has 6 heteroatoms. The zero-order valence-electron chi connectivity index (χ0n) is 15.4. The summed E-state index contributed by atoms with van der Waals surface area (Å²) in [4.78, 5) is 38.8. The molecule has 4 amide bonds. The van der Waals surface area contributed by atoms with Crippen LogP contribution in [0.2, 0.25) is 0 Å². The van der Waals surface area contributed by atoms with Crippen molar-refractivity contribution in [2.45, 2.75) is 58.0 Å². The number of hydrogen-bond acceptors (Lipinski definition) is 3. The van der Waals surface area contributed by atoms with Crippen molar-refractivity contribution in [3.63, 3.8) is 0 Å². The molecule has 1 aliphatic heterocycles. The van der Waals surface area contributed by atoms with E-state index in [2.05, 4.69) is 10.6 Å². The summed E-state index contributed by atoms with van der Waals surface area (Å²) in [5.41, 5.74) is -0.758. The van der Waals surface area contributed by atoms with Crippen molar-refractivity contribution in [3.8, 4) is 0 Å². The van der Waals surface area contributed by atoms with Crippen molar-refractivity contribution < 1.29 is 14.4 Å². The Morgan fingerprint density at radius 1 is 1.20 bits per heavy atom. The van der Waals surface area contributed by atoms with Crippen LogP contribution in [0.15, 0.2) is 30.3 Å². The number of nitrogens with one attached hydrogen (secondary N) is 2. The lowest BCUT2D eigenvalue weighted by atomic mass is 9.85. The second-order valence-electron chi connectivity index (χ2n) is 7.49. The van der Waals surface area contributed by atoms with Crippen LogP contribution in [-0.2, 0) is 15.1 Å². The second-order valence-corrected chi connectivity index (χ2v) is 7.49. The van der Waals surface area contributed by atoms with Gasteiger partial charge in [0.05, 0.1) is 0 Å². The van der Waals surface area contributed by atoms with Crippen LogP contribution >= 0.6 is 0 Å². The normalized spacial score (nSPS) is 20.6. The topological polar surface area (TPSA) is 78.5 Å². The van der Waals surface area contributed by atoms with Crippen LogP contribution in [0.3, 0.4) is 0 Å². The fourth-order valence-electron chi connectivity index (χ4n) is 3.05. The van der Waals surface area contributed by atoms with Gasteiger partial charge >= 0.3 is 6.03 Å². The van der Waals surface area contributed by atoms with Gasteiger partial charge in [-0.2, -0.15) is 0 Å². The third-order valence-corrected chi connectivity index (χ3v) is 4.16. The molecule has 0 spiro atoms. The van der Waals surface area contributed by atoms with Crippen LogP contribution in [0.25, 0.3) is 0 Å². The molecule has 1 aliphatic rings. The first-order valence-corrected chi connectivity index (χ1v) is 8.70. The first kappa shape index (κ1) is 19.0. The van der Waals surface area contributed by atoms with E-state index >= 15 is 0 Å². The number of benzene rings is 1. The van der Waals surface area contributed by atoms with E-state index in [1.54, 1.807) is 0 Å². The van der Waals surface area contributed by atoms with Gasteiger partial charge in [0.1, 0.15) is 12.1 Å². The maximum atomic E-state index is 13.1. The number of hydrogen-bond donors (Lipinski definition) is 2. The number of carbonyl (C=O) groups excluding carboxylic acids is 3. The van der Waals surface area contributed by atoms with Gasteiger partial charge in [-0.3, -0.25) is 14.5 Å². The van der Waals surface area contributed by atoms with Crippen molar-refractivity contribution in [1.29, 1.82) is 0 Å². The minimum atomic E-state index is -1.09. The van der Waals surface area contributed by atoms with Crippen LogP contribution < -0.4 is 10.6 Å². The molecular weight excluding hydrogens is 318 g/mol. The summed E-state index contributed by atoms with van der Waals surface area (Å²) >= 11 is 0. The highest BCUT2D eigenvalue weighted by molar-refractivity contribution is 6.09. The summed E-state index contributed by atoms with van der Waals surface area (Å²) in [6, 6.07) is 8.72. The van der Waals surface area contributed by atoms with Gasteiger partial charge in [-0.25, -0.2) is 4.79 Å². The highest BCUT2D eigenvalue weighted by Gasteiger charge is 2.52. The fourth-order valence-corrected chi connectivity index (χ4v) is 3.05.